The molecule has 0 aromatic carbocycles. The van der Waals surface area contributed by atoms with Gasteiger partial charge in [-0.25, -0.2) is 4.57 Å². The summed E-state index contributed by atoms with van der Waals surface area (Å²) < 4.78 is 26.8. The molecule has 290 valence electrons. The van der Waals surface area contributed by atoms with Crippen molar-refractivity contribution in [1.29, 1.82) is 0 Å². The Labute approximate surface area is 305 Å². The van der Waals surface area contributed by atoms with Gasteiger partial charge in [0, 0.05) is 19.4 Å². The highest BCUT2D eigenvalue weighted by Gasteiger charge is 2.23. The van der Waals surface area contributed by atoms with Crippen molar-refractivity contribution in [3.8, 4) is 0 Å². The van der Waals surface area contributed by atoms with Crippen molar-refractivity contribution in [3.05, 3.63) is 48.6 Å². The third-order valence-electron chi connectivity index (χ3n) is 7.99. The fraction of sp³-hybridized carbons (Fsp3) is 0.750. The number of carbonyl (C=O) groups is 2. The lowest BCUT2D eigenvalue weighted by molar-refractivity contribution is -0.147. The van der Waals surface area contributed by atoms with Crippen LogP contribution < -0.4 is 5.32 Å². The monoisotopic (exact) mass is 725 g/mol. The quantitative estimate of drug-likeness (QED) is 0.0252. The number of hydrogen-bond donors (Lipinski definition) is 3. The van der Waals surface area contributed by atoms with Gasteiger partial charge < -0.3 is 20.1 Å². The molecule has 0 aliphatic carbocycles. The van der Waals surface area contributed by atoms with E-state index in [4.69, 9.17) is 13.8 Å². The highest BCUT2D eigenvalue weighted by atomic mass is 31.2. The van der Waals surface area contributed by atoms with Crippen LogP contribution in [0, 0.1) is 0 Å². The number of ether oxygens (including phenoxy) is 1. The number of aliphatic hydroxyl groups excluding tert-OH is 1. The molecule has 0 fully saturated rings. The van der Waals surface area contributed by atoms with E-state index < -0.39 is 26.5 Å². The third-order valence-corrected chi connectivity index (χ3v) is 8.98. The molecule has 2 atom stereocenters. The molecule has 0 aromatic heterocycles. The van der Waals surface area contributed by atoms with E-state index in [2.05, 4.69) is 67.8 Å². The van der Waals surface area contributed by atoms with Gasteiger partial charge in [-0.1, -0.05) is 127 Å². The Kier molecular flexibility index (Phi) is 35.3. The van der Waals surface area contributed by atoms with Crippen LogP contribution in [0.2, 0.25) is 0 Å². The van der Waals surface area contributed by atoms with Gasteiger partial charge >= 0.3 is 13.8 Å². The Bertz CT molecular complexity index is 965. The summed E-state index contributed by atoms with van der Waals surface area (Å²) in [5, 5.41) is 12.6. The Balaban J connectivity index is 3.64. The molecule has 0 aliphatic heterocycles. The van der Waals surface area contributed by atoms with E-state index in [9.17, 15) is 24.2 Å². The molecule has 1 amide bonds. The number of unbranched alkanes of at least 4 members (excludes halogenated alkanes) is 15. The fourth-order valence-electron chi connectivity index (χ4n) is 5.03. The van der Waals surface area contributed by atoms with Crippen molar-refractivity contribution in [2.24, 2.45) is 0 Å². The number of phosphoric ester groups is 1. The zero-order chi connectivity index (χ0) is 36.8. The van der Waals surface area contributed by atoms with E-state index in [1.54, 1.807) is 0 Å². The minimum absolute atomic E-state index is 0.0735. The van der Waals surface area contributed by atoms with E-state index in [0.717, 1.165) is 83.5 Å². The van der Waals surface area contributed by atoms with Crippen LogP contribution in [0.4, 0.5) is 0 Å². The minimum Gasteiger partial charge on any atom is -0.463 e. The van der Waals surface area contributed by atoms with Gasteiger partial charge in [-0.3, -0.25) is 18.6 Å². The van der Waals surface area contributed by atoms with Crippen molar-refractivity contribution >= 4 is 19.7 Å². The minimum atomic E-state index is -4.42. The van der Waals surface area contributed by atoms with Gasteiger partial charge in [-0.15, -0.1) is 0 Å². The molecule has 0 radical (unpaired) electrons. The largest absolute Gasteiger partial charge is 0.472 e. The number of nitrogens with one attached hydrogen (secondary N) is 1. The summed E-state index contributed by atoms with van der Waals surface area (Å²) in [6.07, 6.45) is 40.4. The van der Waals surface area contributed by atoms with Crippen LogP contribution in [0.1, 0.15) is 162 Å². The highest BCUT2D eigenvalue weighted by molar-refractivity contribution is 7.47. The Morgan fingerprint density at radius 2 is 1.14 bits per heavy atom. The second kappa shape index (κ2) is 36.8. The van der Waals surface area contributed by atoms with Gasteiger partial charge in [0.05, 0.1) is 13.2 Å². The molecule has 0 rings (SSSR count). The summed E-state index contributed by atoms with van der Waals surface area (Å²) >= 11 is 0. The molecule has 10 heteroatoms. The maximum absolute atomic E-state index is 12.1. The zero-order valence-electron chi connectivity index (χ0n) is 31.6. The molecule has 0 saturated carbocycles. The third kappa shape index (κ3) is 37.2. The van der Waals surface area contributed by atoms with Crippen LogP contribution in [0.25, 0.3) is 0 Å². The predicted octanol–water partition coefficient (Wildman–Crippen LogP) is 10.4. The molecule has 2 unspecified atom stereocenters. The second-order valence-corrected chi connectivity index (χ2v) is 14.3. The molecule has 0 heterocycles. The maximum Gasteiger partial charge on any atom is 0.472 e. The maximum atomic E-state index is 12.1. The number of allylic oxidation sites excluding steroid dienone is 8. The summed E-state index contributed by atoms with van der Waals surface area (Å²) in [6.45, 7) is 3.38. The van der Waals surface area contributed by atoms with Crippen molar-refractivity contribution < 1.29 is 37.9 Å². The first-order valence-electron chi connectivity index (χ1n) is 19.6. The molecule has 0 spiro atoms. The van der Waals surface area contributed by atoms with E-state index in [0.29, 0.717) is 6.42 Å². The average Bonchev–Trinajstić information content (AvgIpc) is 3.10. The zero-order valence-corrected chi connectivity index (χ0v) is 32.5. The van der Waals surface area contributed by atoms with Gasteiger partial charge in [-0.2, -0.15) is 0 Å². The molecule has 50 heavy (non-hydrogen) atoms. The number of aliphatic hydroxyl groups is 1. The molecule has 0 saturated heterocycles. The first-order chi connectivity index (χ1) is 24.3. The second-order valence-electron chi connectivity index (χ2n) is 12.9. The van der Waals surface area contributed by atoms with E-state index in [1.165, 1.54) is 51.4 Å². The first-order valence-corrected chi connectivity index (χ1v) is 21.1. The van der Waals surface area contributed by atoms with Crippen LogP contribution in [0.5, 0.6) is 0 Å². The van der Waals surface area contributed by atoms with Crippen molar-refractivity contribution in [2.75, 3.05) is 26.4 Å². The topological polar surface area (TPSA) is 131 Å². The van der Waals surface area contributed by atoms with Crippen molar-refractivity contribution in [2.45, 2.75) is 168 Å². The van der Waals surface area contributed by atoms with Crippen molar-refractivity contribution in [3.63, 3.8) is 0 Å². The van der Waals surface area contributed by atoms with E-state index in [-0.39, 0.29) is 32.1 Å². The lowest BCUT2D eigenvalue weighted by Gasteiger charge is -2.15. The SMILES string of the molecule is CC/C=C\C/C=C\C/C=C\CCCCCCCCCC(=O)NCCOP(=O)(O)OCC(O)COC(=O)CCCCCCC/C=C\CCCCC. The summed E-state index contributed by atoms with van der Waals surface area (Å²) in [5.41, 5.74) is 0. The molecular weight excluding hydrogens is 653 g/mol. The standard InChI is InChI=1S/C40H72NO8P/c1-3-5-7-9-11-13-15-17-18-19-20-21-22-24-26-28-30-32-39(43)41-34-35-48-50(45,46)49-37-38(42)36-47-40(44)33-31-29-27-25-23-16-14-12-10-8-6-4-2/h5,7,11-14,17-18,38,42H,3-4,6,8-10,15-16,19-37H2,1-2H3,(H,41,43)(H,45,46)/b7-5-,13-11-,14-12-,18-17-. The lowest BCUT2D eigenvalue weighted by Crippen LogP contribution is -2.27. The van der Waals surface area contributed by atoms with Gasteiger partial charge in [0.1, 0.15) is 12.7 Å². The summed E-state index contributed by atoms with van der Waals surface area (Å²) in [5.74, 6) is -0.539. The van der Waals surface area contributed by atoms with Crippen LogP contribution in [0.15, 0.2) is 48.6 Å². The molecule has 0 bridgehead atoms. The predicted molar refractivity (Wildman–Crippen MR) is 206 cm³/mol. The number of carbonyl (C=O) groups excluding carboxylic acids is 2. The smallest absolute Gasteiger partial charge is 0.463 e. The number of hydrogen-bond acceptors (Lipinski definition) is 7. The molecule has 9 nitrogen and oxygen atoms in total. The van der Waals surface area contributed by atoms with Crippen molar-refractivity contribution in [1.82, 2.24) is 5.32 Å². The number of amides is 1. The van der Waals surface area contributed by atoms with Crippen LogP contribution in [0.3, 0.4) is 0 Å². The van der Waals surface area contributed by atoms with Crippen LogP contribution >= 0.6 is 7.82 Å². The lowest BCUT2D eigenvalue weighted by atomic mass is 10.1. The normalized spacial score (nSPS) is 13.9. The van der Waals surface area contributed by atoms with Gasteiger partial charge in [-0.05, 0) is 70.6 Å². The van der Waals surface area contributed by atoms with E-state index >= 15 is 0 Å². The van der Waals surface area contributed by atoms with Crippen LogP contribution in [-0.2, 0) is 27.9 Å². The summed E-state index contributed by atoms with van der Waals surface area (Å²) in [4.78, 5) is 33.8. The summed E-state index contributed by atoms with van der Waals surface area (Å²) in [7, 11) is -4.42. The Hall–Kier alpha value is -2.03. The highest BCUT2D eigenvalue weighted by Crippen LogP contribution is 2.42. The average molecular weight is 726 g/mol. The van der Waals surface area contributed by atoms with Gasteiger partial charge in [0.15, 0.2) is 0 Å². The molecule has 0 aromatic rings. The fourth-order valence-corrected chi connectivity index (χ4v) is 5.79. The number of rotatable bonds is 36. The molecular formula is C40H72NO8P. The molecule has 0 aliphatic rings. The van der Waals surface area contributed by atoms with Gasteiger partial charge in [0.25, 0.3) is 0 Å². The Morgan fingerprint density at radius 3 is 1.74 bits per heavy atom. The number of esters is 1. The van der Waals surface area contributed by atoms with Crippen LogP contribution in [-0.4, -0.2) is 54.3 Å². The van der Waals surface area contributed by atoms with Gasteiger partial charge in [0.2, 0.25) is 5.91 Å². The van der Waals surface area contributed by atoms with E-state index in [1.807, 2.05) is 0 Å². The molecule has 3 N–H and O–H groups in total. The first kappa shape index (κ1) is 48.0. The Morgan fingerprint density at radius 1 is 0.640 bits per heavy atom. The summed E-state index contributed by atoms with van der Waals surface area (Å²) in [6, 6.07) is 0. The number of phosphoric acid groups is 1.